The number of alkyl halides is 2. The molecule has 0 saturated carbocycles. The zero-order valence-electron chi connectivity index (χ0n) is 17.2. The van der Waals surface area contributed by atoms with Gasteiger partial charge in [-0.2, -0.15) is 14.0 Å². The fourth-order valence-electron chi connectivity index (χ4n) is 3.28. The summed E-state index contributed by atoms with van der Waals surface area (Å²) in [7, 11) is 0. The number of unbranched alkanes of at least 4 members (excludes halogenated alkanes) is 1. The van der Waals surface area contributed by atoms with Crippen molar-refractivity contribution in [1.29, 1.82) is 5.26 Å². The first kappa shape index (κ1) is 24.0. The van der Waals surface area contributed by atoms with Gasteiger partial charge in [0.25, 0.3) is 0 Å². The van der Waals surface area contributed by atoms with Crippen LogP contribution in [0, 0.1) is 34.6 Å². The van der Waals surface area contributed by atoms with Crippen molar-refractivity contribution in [2.45, 2.75) is 32.3 Å². The molecule has 3 nitrogen and oxygen atoms in total. The number of hydrogen-bond donors (Lipinski definition) is 1. The molecule has 0 unspecified atom stereocenters. The topological polar surface area (TPSA) is 53.2 Å². The zero-order valence-corrected chi connectivity index (χ0v) is 17.2. The van der Waals surface area contributed by atoms with E-state index in [1.54, 1.807) is 12.1 Å². The van der Waals surface area contributed by atoms with Crippen LogP contribution in [0.2, 0.25) is 0 Å². The van der Waals surface area contributed by atoms with Gasteiger partial charge in [0.05, 0.1) is 5.56 Å². The number of halogens is 6. The summed E-state index contributed by atoms with van der Waals surface area (Å²) in [6, 6.07) is 8.15. The summed E-state index contributed by atoms with van der Waals surface area (Å²) in [4.78, 5) is 0. The third-order valence-corrected chi connectivity index (χ3v) is 4.92. The van der Waals surface area contributed by atoms with Crippen LogP contribution in [0.4, 0.5) is 26.3 Å². The molecule has 9 heteroatoms. The SMILES string of the molecule is CCCCc1ccc(-c2c(O)cc(F)c(C(F)(F)Oc3cc(F)c(C#N)c(F)c3)c2F)cc1. The number of rotatable bonds is 7. The standard InChI is InChI=1S/C24H17F6NO2/c1-2-3-4-13-5-7-14(8-6-13)21-20(32)11-19(27)22(23(21)28)24(29,30)33-15-9-17(25)16(12-31)18(26)10-15/h5-11,32H,2-4H2,1H3. The van der Waals surface area contributed by atoms with E-state index in [9.17, 15) is 27.1 Å². The number of benzene rings is 3. The minimum absolute atomic E-state index is 0.0118. The molecule has 3 rings (SSSR count). The van der Waals surface area contributed by atoms with Crippen LogP contribution >= 0.6 is 0 Å². The van der Waals surface area contributed by atoms with Gasteiger partial charge in [-0.05, 0) is 24.0 Å². The number of ether oxygens (including phenoxy) is 1. The summed E-state index contributed by atoms with van der Waals surface area (Å²) in [6.07, 6.45) is -2.13. The third-order valence-electron chi connectivity index (χ3n) is 4.92. The van der Waals surface area contributed by atoms with Crippen LogP contribution in [-0.2, 0) is 12.5 Å². The minimum atomic E-state index is -4.72. The van der Waals surface area contributed by atoms with E-state index in [1.807, 2.05) is 6.92 Å². The van der Waals surface area contributed by atoms with Crippen LogP contribution in [0.3, 0.4) is 0 Å². The van der Waals surface area contributed by atoms with E-state index in [0.29, 0.717) is 18.2 Å². The predicted octanol–water partition coefficient (Wildman–Crippen LogP) is 6.96. The van der Waals surface area contributed by atoms with Crippen molar-refractivity contribution in [3.63, 3.8) is 0 Å². The highest BCUT2D eigenvalue weighted by Gasteiger charge is 2.43. The zero-order chi connectivity index (χ0) is 24.3. The molecule has 0 aliphatic carbocycles. The molecule has 0 aliphatic heterocycles. The van der Waals surface area contributed by atoms with E-state index in [0.717, 1.165) is 24.8 Å². The normalized spacial score (nSPS) is 11.3. The van der Waals surface area contributed by atoms with Gasteiger partial charge in [-0.15, -0.1) is 0 Å². The van der Waals surface area contributed by atoms with E-state index in [2.05, 4.69) is 4.74 Å². The second-order valence-electron chi connectivity index (χ2n) is 7.23. The molecule has 0 saturated heterocycles. The quantitative estimate of drug-likeness (QED) is 0.384. The Hall–Kier alpha value is -3.67. The number of aromatic hydroxyl groups is 1. The molecule has 0 amide bonds. The molecule has 1 N–H and O–H groups in total. The van der Waals surface area contributed by atoms with E-state index in [1.165, 1.54) is 18.2 Å². The lowest BCUT2D eigenvalue weighted by molar-refractivity contribution is -0.189. The summed E-state index contributed by atoms with van der Waals surface area (Å²) >= 11 is 0. The van der Waals surface area contributed by atoms with Crippen molar-refractivity contribution in [3.8, 4) is 28.7 Å². The largest absolute Gasteiger partial charge is 0.507 e. The number of phenols is 1. The maximum Gasteiger partial charge on any atom is 0.432 e. The third kappa shape index (κ3) is 4.90. The van der Waals surface area contributed by atoms with Crippen molar-refractivity contribution in [1.82, 2.24) is 0 Å². The van der Waals surface area contributed by atoms with Crippen molar-refractivity contribution >= 4 is 0 Å². The van der Waals surface area contributed by atoms with Gasteiger partial charge in [-0.3, -0.25) is 0 Å². The van der Waals surface area contributed by atoms with Gasteiger partial charge >= 0.3 is 6.11 Å². The molecular formula is C24H17F6NO2. The summed E-state index contributed by atoms with van der Waals surface area (Å²) in [5, 5.41) is 18.7. The van der Waals surface area contributed by atoms with Crippen molar-refractivity contribution in [2.24, 2.45) is 0 Å². The Balaban J connectivity index is 2.04. The molecule has 0 fully saturated rings. The number of nitrogens with zero attached hydrogens (tertiary/aromatic N) is 1. The van der Waals surface area contributed by atoms with Gasteiger partial charge in [0, 0.05) is 18.2 Å². The molecule has 0 spiro atoms. The highest BCUT2D eigenvalue weighted by molar-refractivity contribution is 5.72. The van der Waals surface area contributed by atoms with Crippen molar-refractivity contribution < 1.29 is 36.2 Å². The molecule has 0 heterocycles. The lowest BCUT2D eigenvalue weighted by atomic mass is 9.97. The van der Waals surface area contributed by atoms with Gasteiger partial charge in [-0.25, -0.2) is 17.6 Å². The molecule has 3 aromatic rings. The average Bonchev–Trinajstić information content (AvgIpc) is 2.72. The number of aryl methyl sites for hydroxylation is 1. The average molecular weight is 465 g/mol. The first-order chi connectivity index (χ1) is 15.6. The van der Waals surface area contributed by atoms with Crippen molar-refractivity contribution in [3.05, 3.63) is 82.4 Å². The minimum Gasteiger partial charge on any atom is -0.507 e. The Kier molecular flexibility index (Phi) is 6.86. The second kappa shape index (κ2) is 9.45. The van der Waals surface area contributed by atoms with Crippen LogP contribution in [0.25, 0.3) is 11.1 Å². The van der Waals surface area contributed by atoms with Gasteiger partial charge in [-0.1, -0.05) is 37.6 Å². The summed E-state index contributed by atoms with van der Waals surface area (Å²) in [6.45, 7) is 2.00. The van der Waals surface area contributed by atoms with Gasteiger partial charge < -0.3 is 9.84 Å². The summed E-state index contributed by atoms with van der Waals surface area (Å²) < 4.78 is 90.6. The van der Waals surface area contributed by atoms with E-state index >= 15 is 4.39 Å². The Morgan fingerprint density at radius 1 is 0.970 bits per heavy atom. The smallest absolute Gasteiger partial charge is 0.432 e. The van der Waals surface area contributed by atoms with Crippen LogP contribution in [-0.4, -0.2) is 5.11 Å². The first-order valence-corrected chi connectivity index (χ1v) is 9.85. The molecule has 0 radical (unpaired) electrons. The van der Waals surface area contributed by atoms with Crippen molar-refractivity contribution in [2.75, 3.05) is 0 Å². The summed E-state index contributed by atoms with van der Waals surface area (Å²) in [5.74, 6) is -8.61. The maximum absolute atomic E-state index is 15.1. The fraction of sp³-hybridized carbons (Fsp3) is 0.208. The Labute approximate surface area is 185 Å². The highest BCUT2D eigenvalue weighted by atomic mass is 19.3. The fourth-order valence-corrected chi connectivity index (χ4v) is 3.28. The van der Waals surface area contributed by atoms with E-state index < -0.39 is 57.6 Å². The van der Waals surface area contributed by atoms with Crippen LogP contribution in [0.15, 0.2) is 42.5 Å². The van der Waals surface area contributed by atoms with Crippen LogP contribution in [0.5, 0.6) is 11.5 Å². The monoisotopic (exact) mass is 465 g/mol. The van der Waals surface area contributed by atoms with E-state index in [4.69, 9.17) is 5.26 Å². The molecule has 3 aromatic carbocycles. The van der Waals surface area contributed by atoms with Gasteiger partial charge in [0.15, 0.2) is 5.82 Å². The highest BCUT2D eigenvalue weighted by Crippen LogP contribution is 2.42. The molecular weight excluding hydrogens is 448 g/mol. The van der Waals surface area contributed by atoms with E-state index in [-0.39, 0.29) is 5.56 Å². The molecule has 0 aliphatic rings. The van der Waals surface area contributed by atoms with Crippen LogP contribution < -0.4 is 4.74 Å². The van der Waals surface area contributed by atoms with Gasteiger partial charge in [0.2, 0.25) is 0 Å². The lowest BCUT2D eigenvalue weighted by Crippen LogP contribution is -2.25. The molecule has 0 aromatic heterocycles. The maximum atomic E-state index is 15.1. The Morgan fingerprint density at radius 3 is 2.12 bits per heavy atom. The number of nitriles is 1. The molecule has 33 heavy (non-hydrogen) atoms. The number of hydrogen-bond acceptors (Lipinski definition) is 3. The molecule has 0 atom stereocenters. The van der Waals surface area contributed by atoms with Gasteiger partial charge in [0.1, 0.15) is 46.1 Å². The Morgan fingerprint density at radius 2 is 1.58 bits per heavy atom. The number of phenolic OH excluding ortho intramolecular Hbond substituents is 1. The summed E-state index contributed by atoms with van der Waals surface area (Å²) in [5.41, 5.74) is -2.65. The molecule has 172 valence electrons. The predicted molar refractivity (Wildman–Crippen MR) is 108 cm³/mol. The first-order valence-electron chi connectivity index (χ1n) is 9.85. The lowest BCUT2D eigenvalue weighted by Gasteiger charge is -2.21. The Bertz CT molecular complexity index is 1200. The second-order valence-corrected chi connectivity index (χ2v) is 7.23. The molecule has 0 bridgehead atoms. The van der Waals surface area contributed by atoms with Crippen LogP contribution in [0.1, 0.15) is 36.5 Å².